The third-order valence-corrected chi connectivity index (χ3v) is 3.87. The summed E-state index contributed by atoms with van der Waals surface area (Å²) < 4.78 is 7.63. The number of nitrogens with one attached hydrogen (secondary N) is 1. The van der Waals surface area contributed by atoms with Crippen LogP contribution in [0.15, 0.2) is 54.9 Å². The van der Waals surface area contributed by atoms with Crippen LogP contribution in [0.25, 0.3) is 11.0 Å². The number of aromatic nitrogens is 2. The first-order valence-corrected chi connectivity index (χ1v) is 8.09. The molecule has 0 saturated heterocycles. The van der Waals surface area contributed by atoms with Gasteiger partial charge in [-0.1, -0.05) is 18.2 Å². The Morgan fingerprint density at radius 3 is 2.96 bits per heavy atom. The molecule has 1 N–H and O–H groups in total. The summed E-state index contributed by atoms with van der Waals surface area (Å²) in [5, 5.41) is 4.02. The predicted octanol–water partition coefficient (Wildman–Crippen LogP) is 2.93. The van der Waals surface area contributed by atoms with Crippen molar-refractivity contribution in [1.82, 2.24) is 14.9 Å². The van der Waals surface area contributed by atoms with Gasteiger partial charge >= 0.3 is 0 Å². The number of fused-ring (bicyclic) bond motifs is 1. The van der Waals surface area contributed by atoms with E-state index in [1.807, 2.05) is 49.5 Å². The first kappa shape index (κ1) is 16.1. The number of amides is 1. The molecule has 3 rings (SSSR count). The molecule has 0 bridgehead atoms. The zero-order valence-electron chi connectivity index (χ0n) is 13.7. The smallest absolute Gasteiger partial charge is 0.257 e. The molecule has 2 heterocycles. The van der Waals surface area contributed by atoms with E-state index in [9.17, 15) is 4.79 Å². The van der Waals surface area contributed by atoms with Crippen molar-refractivity contribution in [3.05, 3.63) is 60.4 Å². The highest BCUT2D eigenvalue weighted by atomic mass is 16.5. The number of pyridine rings is 1. The standard InChI is InChI=1S/C19H21N3O2/c1-15-6-2-3-8-17(15)24-14-18(23)20-11-5-12-22-13-9-16-7-4-10-21-19(16)22/h2-4,6-10,13H,5,11-12,14H2,1H3,(H,20,23). The normalized spacial score (nSPS) is 10.7. The van der Waals surface area contributed by atoms with Crippen molar-refractivity contribution in [3.63, 3.8) is 0 Å². The highest BCUT2D eigenvalue weighted by Gasteiger charge is 2.05. The molecule has 5 nitrogen and oxygen atoms in total. The molecule has 0 unspecified atom stereocenters. The van der Waals surface area contributed by atoms with E-state index in [4.69, 9.17) is 4.74 Å². The van der Waals surface area contributed by atoms with Crippen LogP contribution in [0.5, 0.6) is 5.75 Å². The molecular formula is C19H21N3O2. The van der Waals surface area contributed by atoms with Crippen molar-refractivity contribution in [2.45, 2.75) is 19.9 Å². The molecule has 124 valence electrons. The number of nitrogens with zero attached hydrogens (tertiary/aromatic N) is 2. The quantitative estimate of drug-likeness (QED) is 0.680. The molecule has 0 spiro atoms. The average molecular weight is 323 g/mol. The third-order valence-electron chi connectivity index (χ3n) is 3.87. The van der Waals surface area contributed by atoms with E-state index in [0.29, 0.717) is 6.54 Å². The molecule has 0 atom stereocenters. The first-order chi connectivity index (χ1) is 11.7. The molecular weight excluding hydrogens is 302 g/mol. The Bertz CT molecular complexity index is 826. The van der Waals surface area contributed by atoms with Crippen LogP contribution in [0.3, 0.4) is 0 Å². The number of benzene rings is 1. The topological polar surface area (TPSA) is 56.1 Å². The molecule has 1 aromatic carbocycles. The van der Waals surface area contributed by atoms with Crippen molar-refractivity contribution in [1.29, 1.82) is 0 Å². The number of hydrogen-bond donors (Lipinski definition) is 1. The lowest BCUT2D eigenvalue weighted by Crippen LogP contribution is -2.30. The van der Waals surface area contributed by atoms with Gasteiger partial charge in [-0.15, -0.1) is 0 Å². The van der Waals surface area contributed by atoms with Gasteiger partial charge in [-0.3, -0.25) is 4.79 Å². The lowest BCUT2D eigenvalue weighted by atomic mass is 10.2. The van der Waals surface area contributed by atoms with Gasteiger partial charge in [0, 0.05) is 30.9 Å². The van der Waals surface area contributed by atoms with Crippen molar-refractivity contribution in [3.8, 4) is 5.75 Å². The van der Waals surface area contributed by atoms with E-state index < -0.39 is 0 Å². The minimum atomic E-state index is -0.103. The summed E-state index contributed by atoms with van der Waals surface area (Å²) in [6.45, 7) is 3.43. The van der Waals surface area contributed by atoms with Crippen molar-refractivity contribution in [2.24, 2.45) is 0 Å². The molecule has 3 aromatic rings. The fourth-order valence-electron chi connectivity index (χ4n) is 2.59. The van der Waals surface area contributed by atoms with E-state index in [2.05, 4.69) is 20.9 Å². The second kappa shape index (κ2) is 7.64. The van der Waals surface area contributed by atoms with Crippen LogP contribution in [-0.4, -0.2) is 28.6 Å². The van der Waals surface area contributed by atoms with Gasteiger partial charge in [0.05, 0.1) is 0 Å². The molecule has 1 amide bonds. The van der Waals surface area contributed by atoms with Gasteiger partial charge in [-0.2, -0.15) is 0 Å². The summed E-state index contributed by atoms with van der Waals surface area (Å²) in [4.78, 5) is 16.2. The molecule has 0 saturated carbocycles. The van der Waals surface area contributed by atoms with Crippen LogP contribution in [0, 0.1) is 6.92 Å². The van der Waals surface area contributed by atoms with Gasteiger partial charge in [-0.05, 0) is 43.2 Å². The molecule has 0 aliphatic heterocycles. The predicted molar refractivity (Wildman–Crippen MR) is 94.0 cm³/mol. The van der Waals surface area contributed by atoms with E-state index >= 15 is 0 Å². The fraction of sp³-hybridized carbons (Fsp3) is 0.263. The molecule has 2 aromatic heterocycles. The van der Waals surface area contributed by atoms with Crippen LogP contribution in [0.1, 0.15) is 12.0 Å². The fourth-order valence-corrected chi connectivity index (χ4v) is 2.59. The number of carbonyl (C=O) groups is 1. The summed E-state index contributed by atoms with van der Waals surface area (Å²) in [6, 6.07) is 13.7. The van der Waals surface area contributed by atoms with Crippen LogP contribution in [0.2, 0.25) is 0 Å². The van der Waals surface area contributed by atoms with Crippen molar-refractivity contribution in [2.75, 3.05) is 13.2 Å². The van der Waals surface area contributed by atoms with Crippen molar-refractivity contribution >= 4 is 16.9 Å². The van der Waals surface area contributed by atoms with Gasteiger partial charge in [0.2, 0.25) is 0 Å². The summed E-state index contributed by atoms with van der Waals surface area (Å²) in [7, 11) is 0. The van der Waals surface area contributed by atoms with Gasteiger partial charge in [0.1, 0.15) is 11.4 Å². The minimum Gasteiger partial charge on any atom is -0.484 e. The number of ether oxygens (including phenoxy) is 1. The monoisotopic (exact) mass is 323 g/mol. The molecule has 24 heavy (non-hydrogen) atoms. The highest BCUT2D eigenvalue weighted by Crippen LogP contribution is 2.15. The van der Waals surface area contributed by atoms with Crippen LogP contribution < -0.4 is 10.1 Å². The Kier molecular flexibility index (Phi) is 5.11. The Hall–Kier alpha value is -2.82. The molecule has 0 fully saturated rings. The van der Waals surface area contributed by atoms with E-state index in [-0.39, 0.29) is 12.5 Å². The Balaban J connectivity index is 1.40. The van der Waals surface area contributed by atoms with Gasteiger partial charge in [-0.25, -0.2) is 4.98 Å². The molecule has 0 aliphatic rings. The average Bonchev–Trinajstić information content (AvgIpc) is 3.01. The SMILES string of the molecule is Cc1ccccc1OCC(=O)NCCCn1ccc2cccnc21. The second-order valence-electron chi connectivity index (χ2n) is 5.68. The van der Waals surface area contributed by atoms with Crippen LogP contribution in [-0.2, 0) is 11.3 Å². The van der Waals surface area contributed by atoms with E-state index in [0.717, 1.165) is 35.3 Å². The molecule has 0 aliphatic carbocycles. The maximum Gasteiger partial charge on any atom is 0.257 e. The van der Waals surface area contributed by atoms with Gasteiger partial charge in [0.15, 0.2) is 6.61 Å². The Labute approximate surface area is 141 Å². The zero-order valence-corrected chi connectivity index (χ0v) is 13.7. The van der Waals surface area contributed by atoms with Gasteiger partial charge < -0.3 is 14.6 Å². The first-order valence-electron chi connectivity index (χ1n) is 8.09. The molecule has 0 radical (unpaired) electrons. The number of para-hydroxylation sites is 1. The summed E-state index contributed by atoms with van der Waals surface area (Å²) in [5.74, 6) is 0.645. The lowest BCUT2D eigenvalue weighted by molar-refractivity contribution is -0.123. The van der Waals surface area contributed by atoms with E-state index in [1.165, 1.54) is 0 Å². The Morgan fingerprint density at radius 1 is 1.21 bits per heavy atom. The number of rotatable bonds is 7. The maximum absolute atomic E-state index is 11.8. The van der Waals surface area contributed by atoms with E-state index in [1.54, 1.807) is 6.20 Å². The van der Waals surface area contributed by atoms with Crippen LogP contribution >= 0.6 is 0 Å². The highest BCUT2D eigenvalue weighted by molar-refractivity contribution is 5.77. The van der Waals surface area contributed by atoms with Crippen molar-refractivity contribution < 1.29 is 9.53 Å². The van der Waals surface area contributed by atoms with Gasteiger partial charge in [0.25, 0.3) is 5.91 Å². The summed E-state index contributed by atoms with van der Waals surface area (Å²) in [5.41, 5.74) is 2.00. The maximum atomic E-state index is 11.8. The summed E-state index contributed by atoms with van der Waals surface area (Å²) in [6.07, 6.45) is 4.67. The number of carbonyl (C=O) groups excluding carboxylic acids is 1. The zero-order chi connectivity index (χ0) is 16.8. The number of hydrogen-bond acceptors (Lipinski definition) is 3. The van der Waals surface area contributed by atoms with Crippen LogP contribution in [0.4, 0.5) is 0 Å². The second-order valence-corrected chi connectivity index (χ2v) is 5.68. The largest absolute Gasteiger partial charge is 0.484 e. The lowest BCUT2D eigenvalue weighted by Gasteiger charge is -2.09. The number of aryl methyl sites for hydroxylation is 2. The minimum absolute atomic E-state index is 0.0405. The third kappa shape index (κ3) is 3.93. The molecule has 5 heteroatoms. The Morgan fingerprint density at radius 2 is 2.08 bits per heavy atom. The summed E-state index contributed by atoms with van der Waals surface area (Å²) >= 11 is 0.